The number of nitrogens with zero attached hydrogens (tertiary/aromatic N) is 6. The molecule has 0 unspecified atom stereocenters. The average molecular weight is 1020 g/mol. The molecule has 10 nitrogen and oxygen atoms in total. The van der Waals surface area contributed by atoms with Crippen LogP contribution in [0.15, 0.2) is 267 Å². The van der Waals surface area contributed by atoms with Crippen LogP contribution >= 0.6 is 0 Å². The topological polar surface area (TPSA) is 143 Å². The number of benzene rings is 6. The van der Waals surface area contributed by atoms with Crippen LogP contribution in [0.2, 0.25) is 0 Å². The second kappa shape index (κ2) is 19.6. The molecule has 8 bridgehead atoms. The first-order valence-electron chi connectivity index (χ1n) is 25.9. The van der Waals surface area contributed by atoms with E-state index in [-0.39, 0.29) is 11.3 Å². The molecule has 6 aliphatic heterocycles. The lowest BCUT2D eigenvalue weighted by molar-refractivity contribution is -0.111. The minimum absolute atomic E-state index is 0.208. The third-order valence-corrected chi connectivity index (χ3v) is 14.7. The van der Waals surface area contributed by atoms with Crippen LogP contribution in [0.1, 0.15) is 44.5 Å². The molecule has 3 N–H and O–H groups in total. The third kappa shape index (κ3) is 8.66. The van der Waals surface area contributed by atoms with Crippen LogP contribution in [0.25, 0.3) is 54.7 Å². The lowest BCUT2D eigenvalue weighted by Gasteiger charge is -2.28. The fourth-order valence-electron chi connectivity index (χ4n) is 10.8. The number of hydrogen-bond acceptors (Lipinski definition) is 7. The summed E-state index contributed by atoms with van der Waals surface area (Å²) in [5, 5.41) is 26.9. The van der Waals surface area contributed by atoms with Gasteiger partial charge in [-0.05, 0) is 97.7 Å². The number of carbonyl (C=O) groups excluding carboxylic acids is 1. The van der Waals surface area contributed by atoms with Crippen molar-refractivity contribution >= 4 is 83.9 Å². The first kappa shape index (κ1) is 47.8. The summed E-state index contributed by atoms with van der Waals surface area (Å²) >= 11 is 0. The molecule has 1 amide bonds. The first-order chi connectivity index (χ1) is 38.7. The highest BCUT2D eigenvalue weighted by Crippen LogP contribution is 2.41. The maximum absolute atomic E-state index is 14.1. The monoisotopic (exact) mass is 1020 g/mol. The molecule has 7 aromatic rings. The number of carbonyl (C=O) groups is 1. The largest absolute Gasteiger partial charge is 0.623 e. The van der Waals surface area contributed by atoms with Crippen molar-refractivity contribution in [3.8, 4) is 12.1 Å². The minimum atomic E-state index is -0.498. The van der Waals surface area contributed by atoms with E-state index >= 15 is 0 Å². The second-order valence-electron chi connectivity index (χ2n) is 19.8. The number of hydrazine groups is 1. The quantitative estimate of drug-likeness (QED) is 0.103. The number of nitrogens with one attached hydrogen (secondary N) is 3. The predicted octanol–water partition coefficient (Wildman–Crippen LogP) is 11.3. The Morgan fingerprint density at radius 3 is 1.24 bits per heavy atom. The van der Waals surface area contributed by atoms with Gasteiger partial charge in [0.2, 0.25) is 6.07 Å². The zero-order chi connectivity index (χ0) is 53.7. The number of fused-ring (bicyclic) bond motifs is 7. The lowest BCUT2D eigenvalue weighted by Crippen LogP contribution is -2.35. The van der Waals surface area contributed by atoms with Gasteiger partial charge in [0.1, 0.15) is 0 Å². The molecule has 0 radical (unpaired) electrons. The molecule has 10 heteroatoms. The summed E-state index contributed by atoms with van der Waals surface area (Å²) in [5.74, 6) is -0.498. The van der Waals surface area contributed by atoms with Crippen LogP contribution < -0.4 is 15.9 Å². The van der Waals surface area contributed by atoms with Gasteiger partial charge in [0.05, 0.1) is 57.1 Å². The molecule has 13 rings (SSSR count). The Labute approximate surface area is 456 Å². The van der Waals surface area contributed by atoms with Crippen molar-refractivity contribution in [2.24, 2.45) is 20.0 Å². The lowest BCUT2D eigenvalue weighted by atomic mass is 9.97. The van der Waals surface area contributed by atoms with Crippen LogP contribution in [-0.4, -0.2) is 33.8 Å². The van der Waals surface area contributed by atoms with E-state index in [1.807, 2.05) is 84.9 Å². The summed E-state index contributed by atoms with van der Waals surface area (Å²) in [4.78, 5) is 35.8. The van der Waals surface area contributed by atoms with Crippen molar-refractivity contribution in [3.63, 3.8) is 0 Å². The van der Waals surface area contributed by atoms with Gasteiger partial charge in [0, 0.05) is 40.3 Å². The van der Waals surface area contributed by atoms with E-state index in [1.165, 1.54) is 5.01 Å². The van der Waals surface area contributed by atoms with E-state index in [4.69, 9.17) is 30.5 Å². The van der Waals surface area contributed by atoms with Gasteiger partial charge in [0.15, 0.2) is 5.70 Å². The predicted molar refractivity (Wildman–Crippen MR) is 318 cm³/mol. The summed E-state index contributed by atoms with van der Waals surface area (Å²) in [7, 11) is 0. The molecule has 0 atom stereocenters. The summed E-state index contributed by atoms with van der Waals surface area (Å²) < 4.78 is 0. The van der Waals surface area contributed by atoms with Crippen molar-refractivity contribution in [3.05, 3.63) is 297 Å². The van der Waals surface area contributed by atoms with Crippen molar-refractivity contribution in [1.82, 2.24) is 10.4 Å². The van der Waals surface area contributed by atoms with Gasteiger partial charge in [-0.1, -0.05) is 189 Å². The Bertz CT molecular complexity index is 4320. The molecule has 6 aliphatic rings. The fourth-order valence-corrected chi connectivity index (χ4v) is 10.8. The van der Waals surface area contributed by atoms with Gasteiger partial charge < -0.3 is 15.5 Å². The van der Waals surface area contributed by atoms with Crippen LogP contribution in [-0.2, 0) is 4.79 Å². The highest BCUT2D eigenvalue weighted by Gasteiger charge is 2.28. The Morgan fingerprint density at radius 1 is 0.481 bits per heavy atom. The van der Waals surface area contributed by atoms with Gasteiger partial charge in [-0.3, -0.25) is 5.01 Å². The molecular weight excluding hydrogens is 971 g/mol. The summed E-state index contributed by atoms with van der Waals surface area (Å²) in [6, 6.07) is 54.1. The Balaban J connectivity index is 0.900. The Kier molecular flexibility index (Phi) is 11.9. The minimum Gasteiger partial charge on any atom is -0.623 e. The van der Waals surface area contributed by atoms with Gasteiger partial charge >= 0.3 is 6.07 Å². The standard InChI is InChI=1S/C69H46N9O/c1-41-12-18-44(19-13-41)64-55-28-30-57(74-55)65(45-20-14-42(2)15-21-45)59-32-34-61(76-59)67(62-35-33-60(77-62)66(58-31-29-56(64)75-58)46-22-16-43(3)17-23-46)47-24-26-49(27-25-47)73-69(79)48-36-37-72-78(40-48)63(39-71)54(38-70)68-52-10-6-4-8-50(52)51-9-5-7-11-53(51)68/h4-37,40,72H,1-3H3,(H,73,74,75,76,77,79)/q-1/p+1/b63-54+,64-55?,64-56?,65-57?,65-59?,66-58?,66-60?,67-61?,67-62?. The van der Waals surface area contributed by atoms with Gasteiger partial charge in [-0.15, -0.1) is 16.2 Å². The van der Waals surface area contributed by atoms with Crippen molar-refractivity contribution in [1.29, 1.82) is 0 Å². The first-order valence-corrected chi connectivity index (χ1v) is 25.9. The molecule has 6 heterocycles. The van der Waals surface area contributed by atoms with E-state index in [0.717, 1.165) is 123 Å². The highest BCUT2D eigenvalue weighted by molar-refractivity contribution is 6.39. The zero-order valence-corrected chi connectivity index (χ0v) is 43.3. The van der Waals surface area contributed by atoms with Crippen LogP contribution in [0.5, 0.6) is 0 Å². The molecule has 79 heavy (non-hydrogen) atoms. The summed E-state index contributed by atoms with van der Waals surface area (Å²) in [6.45, 7) is 6.26. The van der Waals surface area contributed by atoms with Crippen molar-refractivity contribution in [2.75, 3.05) is 0 Å². The average Bonchev–Trinajstić information content (AvgIpc) is 4.44. The number of allylic oxidation sites excluding steroid dienone is 14. The molecule has 0 spiro atoms. The van der Waals surface area contributed by atoms with Crippen LogP contribution in [0, 0.1) is 32.9 Å². The van der Waals surface area contributed by atoms with E-state index in [2.05, 4.69) is 153 Å². The van der Waals surface area contributed by atoms with Crippen LogP contribution in [0.3, 0.4) is 0 Å². The van der Waals surface area contributed by atoms with E-state index < -0.39 is 5.91 Å². The van der Waals surface area contributed by atoms with E-state index in [1.54, 1.807) is 18.5 Å². The number of aliphatic imine (C=N–C) groups is 4. The second-order valence-corrected chi connectivity index (χ2v) is 19.8. The van der Waals surface area contributed by atoms with Crippen molar-refractivity contribution < 1.29 is 15.3 Å². The molecule has 7 aromatic carbocycles. The maximum Gasteiger partial charge on any atom is 0.300 e. The molecule has 0 aliphatic carbocycles. The SMILES string of the molecule is Cc1ccc(C2=C3C=CC(=N3)C(c3ccc(C)cc3)=C3C=CC(=N3)C(c3ccc([N-]C(=O)C4=CN(/C(C#[NH+])=C(\C#[NH+])[c-]5c6ccccc6c6ccccc65)NC=C4)cc3)=C3C=CC(=N3)C(c3ccc(C)cc3)=C3C=CC2=N3)cc1. The summed E-state index contributed by atoms with van der Waals surface area (Å²) in [6.07, 6.45) is 21.3. The maximum atomic E-state index is 14.1. The molecule has 0 saturated heterocycles. The van der Waals surface area contributed by atoms with E-state index in [0.29, 0.717) is 22.7 Å². The Morgan fingerprint density at radius 2 is 0.861 bits per heavy atom. The zero-order valence-electron chi connectivity index (χ0n) is 43.3. The smallest absolute Gasteiger partial charge is 0.300 e. The molecule has 0 aromatic heterocycles. The van der Waals surface area contributed by atoms with E-state index in [9.17, 15) is 4.79 Å². The summed E-state index contributed by atoms with van der Waals surface area (Å²) in [5.41, 5.74) is 22.0. The number of amides is 1. The third-order valence-electron chi connectivity index (χ3n) is 14.7. The number of rotatable bonds is 8. The molecular formula is C69H47N9O. The fraction of sp³-hybridized carbons (Fsp3) is 0.0435. The van der Waals surface area contributed by atoms with Gasteiger partial charge in [-0.2, -0.15) is 0 Å². The normalized spacial score (nSPS) is 16.5. The molecule has 374 valence electrons. The number of aryl methyl sites for hydroxylation is 3. The molecule has 0 fully saturated rings. The van der Waals surface area contributed by atoms with Crippen LogP contribution in [0.4, 0.5) is 5.69 Å². The van der Waals surface area contributed by atoms with Gasteiger partial charge in [0.25, 0.3) is 0 Å². The van der Waals surface area contributed by atoms with Gasteiger partial charge in [-0.25, -0.2) is 20.0 Å². The Hall–Kier alpha value is -10.9. The molecule has 0 saturated carbocycles. The highest BCUT2D eigenvalue weighted by atomic mass is 16.1. The number of hydrogen-bond donors (Lipinski definition) is 3. The van der Waals surface area contributed by atoms with Crippen molar-refractivity contribution in [2.45, 2.75) is 20.8 Å².